The average molecular weight is 243 g/mol. The molecule has 0 radical (unpaired) electrons. The van der Waals surface area contributed by atoms with E-state index in [1.54, 1.807) is 0 Å². The molecule has 0 amide bonds. The summed E-state index contributed by atoms with van der Waals surface area (Å²) in [6.45, 7) is 8.78. The molecule has 0 aromatic heterocycles. The van der Waals surface area contributed by atoms with Crippen molar-refractivity contribution in [2.24, 2.45) is 11.8 Å². The maximum absolute atomic E-state index is 9.77. The van der Waals surface area contributed by atoms with E-state index in [0.717, 1.165) is 6.54 Å². The molecule has 1 aliphatic carbocycles. The lowest BCUT2D eigenvalue weighted by atomic mass is 9.98. The van der Waals surface area contributed by atoms with Crippen LogP contribution in [0.4, 0.5) is 0 Å². The molecule has 2 atom stereocenters. The first-order valence-corrected chi connectivity index (χ1v) is 7.10. The zero-order chi connectivity index (χ0) is 12.7. The largest absolute Gasteiger partial charge is 0.389 e. The third-order valence-corrected chi connectivity index (χ3v) is 3.81. The van der Waals surface area contributed by atoms with E-state index in [4.69, 9.17) is 4.74 Å². The monoisotopic (exact) mass is 243 g/mol. The fourth-order valence-electron chi connectivity index (χ4n) is 2.07. The van der Waals surface area contributed by atoms with Gasteiger partial charge in [0.2, 0.25) is 0 Å². The molecule has 1 saturated carbocycles. The van der Waals surface area contributed by atoms with E-state index in [-0.39, 0.29) is 6.10 Å². The Labute approximate surface area is 106 Å². The molecule has 1 fully saturated rings. The molecule has 3 nitrogen and oxygen atoms in total. The van der Waals surface area contributed by atoms with E-state index in [1.165, 1.54) is 25.7 Å². The van der Waals surface area contributed by atoms with Gasteiger partial charge in [0.1, 0.15) is 0 Å². The molecular formula is C14H29NO2. The molecule has 0 aliphatic heterocycles. The molecular weight excluding hydrogens is 214 g/mol. The van der Waals surface area contributed by atoms with Crippen LogP contribution in [0.5, 0.6) is 0 Å². The lowest BCUT2D eigenvalue weighted by Crippen LogP contribution is -2.34. The highest BCUT2D eigenvalue weighted by molar-refractivity contribution is 4.69. The molecule has 102 valence electrons. The normalized spacial score (nSPS) is 21.0. The van der Waals surface area contributed by atoms with Gasteiger partial charge < -0.3 is 15.2 Å². The van der Waals surface area contributed by atoms with Crippen LogP contribution in [0.15, 0.2) is 0 Å². The summed E-state index contributed by atoms with van der Waals surface area (Å²) in [5, 5.41) is 13.1. The lowest BCUT2D eigenvalue weighted by molar-refractivity contribution is -0.00568. The first kappa shape index (κ1) is 14.9. The van der Waals surface area contributed by atoms with E-state index >= 15 is 0 Å². The number of hydrogen-bond acceptors (Lipinski definition) is 3. The lowest BCUT2D eigenvalue weighted by Gasteiger charge is -2.19. The SMILES string of the molecule is CC(C)C(C)CNCC(O)COC1CCCC1. The number of nitrogens with one attached hydrogen (secondary N) is 1. The molecule has 0 bridgehead atoms. The predicted octanol–water partition coefficient (Wildman–Crippen LogP) is 2.19. The molecule has 2 unspecified atom stereocenters. The topological polar surface area (TPSA) is 41.5 Å². The maximum atomic E-state index is 9.77. The Balaban J connectivity index is 1.98. The number of aliphatic hydroxyl groups is 1. The van der Waals surface area contributed by atoms with Crippen molar-refractivity contribution in [3.05, 3.63) is 0 Å². The van der Waals surface area contributed by atoms with Gasteiger partial charge in [0.15, 0.2) is 0 Å². The van der Waals surface area contributed by atoms with Crippen LogP contribution in [0.1, 0.15) is 46.5 Å². The first-order valence-electron chi connectivity index (χ1n) is 7.10. The molecule has 2 N–H and O–H groups in total. The Hall–Kier alpha value is -0.120. The van der Waals surface area contributed by atoms with Crippen molar-refractivity contribution in [3.63, 3.8) is 0 Å². The Kier molecular flexibility index (Phi) is 7.09. The van der Waals surface area contributed by atoms with E-state index < -0.39 is 0 Å². The van der Waals surface area contributed by atoms with Gasteiger partial charge in [-0.1, -0.05) is 33.6 Å². The average Bonchev–Trinajstić information content (AvgIpc) is 2.78. The Bertz CT molecular complexity index is 191. The molecule has 0 aromatic carbocycles. The van der Waals surface area contributed by atoms with Crippen LogP contribution in [-0.4, -0.2) is 37.0 Å². The van der Waals surface area contributed by atoms with Gasteiger partial charge >= 0.3 is 0 Å². The van der Waals surface area contributed by atoms with Crippen LogP contribution in [-0.2, 0) is 4.74 Å². The van der Waals surface area contributed by atoms with Crippen LogP contribution >= 0.6 is 0 Å². The molecule has 0 spiro atoms. The van der Waals surface area contributed by atoms with Crippen molar-refractivity contribution in [1.29, 1.82) is 0 Å². The van der Waals surface area contributed by atoms with Crippen molar-refractivity contribution >= 4 is 0 Å². The molecule has 0 aromatic rings. The number of rotatable bonds is 8. The van der Waals surface area contributed by atoms with Gasteiger partial charge in [0.05, 0.1) is 18.8 Å². The first-order chi connectivity index (χ1) is 8.09. The zero-order valence-corrected chi connectivity index (χ0v) is 11.6. The number of hydrogen-bond donors (Lipinski definition) is 2. The second-order valence-electron chi connectivity index (χ2n) is 5.77. The van der Waals surface area contributed by atoms with E-state index in [0.29, 0.717) is 31.1 Å². The van der Waals surface area contributed by atoms with E-state index in [9.17, 15) is 5.11 Å². The van der Waals surface area contributed by atoms with Crippen LogP contribution in [0.2, 0.25) is 0 Å². The second kappa shape index (κ2) is 8.06. The van der Waals surface area contributed by atoms with Gasteiger partial charge in [0.25, 0.3) is 0 Å². The maximum Gasteiger partial charge on any atom is 0.0897 e. The van der Waals surface area contributed by atoms with Gasteiger partial charge in [-0.2, -0.15) is 0 Å². The Morgan fingerprint density at radius 2 is 1.82 bits per heavy atom. The van der Waals surface area contributed by atoms with Crippen LogP contribution < -0.4 is 5.32 Å². The van der Waals surface area contributed by atoms with Crippen molar-refractivity contribution in [3.8, 4) is 0 Å². The summed E-state index contributed by atoms with van der Waals surface area (Å²) in [7, 11) is 0. The molecule has 1 rings (SSSR count). The number of ether oxygens (including phenoxy) is 1. The van der Waals surface area contributed by atoms with E-state index in [1.807, 2.05) is 0 Å². The van der Waals surface area contributed by atoms with Crippen LogP contribution in [0.3, 0.4) is 0 Å². The summed E-state index contributed by atoms with van der Waals surface area (Å²) in [4.78, 5) is 0. The van der Waals surface area contributed by atoms with Crippen LogP contribution in [0.25, 0.3) is 0 Å². The van der Waals surface area contributed by atoms with Gasteiger partial charge in [-0.25, -0.2) is 0 Å². The summed E-state index contributed by atoms with van der Waals surface area (Å²) in [5.74, 6) is 1.34. The zero-order valence-electron chi connectivity index (χ0n) is 11.6. The third kappa shape index (κ3) is 6.39. The Morgan fingerprint density at radius 3 is 2.41 bits per heavy atom. The fraction of sp³-hybridized carbons (Fsp3) is 1.00. The van der Waals surface area contributed by atoms with Gasteiger partial charge in [-0.15, -0.1) is 0 Å². The highest BCUT2D eigenvalue weighted by Crippen LogP contribution is 2.20. The summed E-state index contributed by atoms with van der Waals surface area (Å²) in [6.07, 6.45) is 4.94. The molecule has 3 heteroatoms. The van der Waals surface area contributed by atoms with Crippen LogP contribution in [0, 0.1) is 11.8 Å². The summed E-state index contributed by atoms with van der Waals surface area (Å²) < 4.78 is 5.68. The van der Waals surface area contributed by atoms with Crippen molar-refractivity contribution in [2.45, 2.75) is 58.7 Å². The highest BCUT2D eigenvalue weighted by atomic mass is 16.5. The smallest absolute Gasteiger partial charge is 0.0897 e. The molecule has 1 aliphatic rings. The second-order valence-corrected chi connectivity index (χ2v) is 5.77. The molecule has 0 saturated heterocycles. The summed E-state index contributed by atoms with van der Waals surface area (Å²) in [6, 6.07) is 0. The minimum absolute atomic E-state index is 0.366. The highest BCUT2D eigenvalue weighted by Gasteiger charge is 2.16. The van der Waals surface area contributed by atoms with E-state index in [2.05, 4.69) is 26.1 Å². The van der Waals surface area contributed by atoms with Gasteiger partial charge in [0, 0.05) is 6.54 Å². The fourth-order valence-corrected chi connectivity index (χ4v) is 2.07. The molecule has 0 heterocycles. The van der Waals surface area contributed by atoms with Crippen molar-refractivity contribution < 1.29 is 9.84 Å². The van der Waals surface area contributed by atoms with Gasteiger partial charge in [-0.05, 0) is 31.2 Å². The third-order valence-electron chi connectivity index (χ3n) is 3.81. The minimum Gasteiger partial charge on any atom is -0.389 e. The minimum atomic E-state index is -0.366. The standard InChI is InChI=1S/C14H29NO2/c1-11(2)12(3)8-15-9-13(16)10-17-14-6-4-5-7-14/h11-16H,4-10H2,1-3H3. The summed E-state index contributed by atoms with van der Waals surface area (Å²) in [5.41, 5.74) is 0. The van der Waals surface area contributed by atoms with Crippen molar-refractivity contribution in [2.75, 3.05) is 19.7 Å². The number of aliphatic hydroxyl groups excluding tert-OH is 1. The van der Waals surface area contributed by atoms with Crippen molar-refractivity contribution in [1.82, 2.24) is 5.32 Å². The Morgan fingerprint density at radius 1 is 1.18 bits per heavy atom. The quantitative estimate of drug-likeness (QED) is 0.686. The molecule has 17 heavy (non-hydrogen) atoms. The predicted molar refractivity (Wildman–Crippen MR) is 71.1 cm³/mol. The van der Waals surface area contributed by atoms with Gasteiger partial charge in [-0.3, -0.25) is 0 Å². The summed E-state index contributed by atoms with van der Waals surface area (Å²) >= 11 is 0.